The van der Waals surface area contributed by atoms with Crippen LogP contribution in [0.4, 0.5) is 0 Å². The number of aliphatic imine (C=N–C) groups is 1. The lowest BCUT2D eigenvalue weighted by Gasteiger charge is -2.31. The van der Waals surface area contributed by atoms with Crippen molar-refractivity contribution in [1.29, 1.82) is 0 Å². The Kier molecular flexibility index (Phi) is 7.83. The molecular formula is C16H32N4OS. The van der Waals surface area contributed by atoms with Crippen LogP contribution in [-0.4, -0.2) is 73.8 Å². The van der Waals surface area contributed by atoms with Crippen LogP contribution in [-0.2, 0) is 4.74 Å². The van der Waals surface area contributed by atoms with E-state index in [2.05, 4.69) is 35.6 Å². The Hall–Kier alpha value is -0.460. The molecule has 1 heterocycles. The summed E-state index contributed by atoms with van der Waals surface area (Å²) in [4.78, 5) is 7.28. The molecule has 5 nitrogen and oxygen atoms in total. The molecule has 0 radical (unpaired) electrons. The van der Waals surface area contributed by atoms with Gasteiger partial charge in [0.05, 0.1) is 19.8 Å². The zero-order valence-electron chi connectivity index (χ0n) is 14.3. The Morgan fingerprint density at radius 2 is 2.14 bits per heavy atom. The second kappa shape index (κ2) is 9.63. The summed E-state index contributed by atoms with van der Waals surface area (Å²) in [5.41, 5.74) is 0. The number of hydrogen-bond acceptors (Lipinski definition) is 4. The third-order valence-corrected chi connectivity index (χ3v) is 5.68. The standard InChI is InChI=1S/C16H32N4OS/c1-4-17-16(19-14-5-6-15(11-14)22-3)18-12-13(2)20-7-9-21-10-8-20/h13-15H,4-12H2,1-3H3,(H2,17,18,19). The second-order valence-corrected chi connectivity index (χ2v) is 7.37. The van der Waals surface area contributed by atoms with Crippen LogP contribution in [0.5, 0.6) is 0 Å². The van der Waals surface area contributed by atoms with E-state index < -0.39 is 0 Å². The Labute approximate surface area is 139 Å². The lowest BCUT2D eigenvalue weighted by molar-refractivity contribution is 0.0220. The van der Waals surface area contributed by atoms with Crippen LogP contribution in [0.15, 0.2) is 4.99 Å². The van der Waals surface area contributed by atoms with Crippen LogP contribution in [0.2, 0.25) is 0 Å². The third-order valence-electron chi connectivity index (χ3n) is 4.59. The molecule has 2 aliphatic rings. The molecule has 3 atom stereocenters. The van der Waals surface area contributed by atoms with Crippen LogP contribution >= 0.6 is 11.8 Å². The van der Waals surface area contributed by atoms with E-state index in [1.165, 1.54) is 19.3 Å². The highest BCUT2D eigenvalue weighted by molar-refractivity contribution is 7.99. The van der Waals surface area contributed by atoms with Crippen molar-refractivity contribution < 1.29 is 4.74 Å². The van der Waals surface area contributed by atoms with Crippen molar-refractivity contribution in [3.05, 3.63) is 0 Å². The van der Waals surface area contributed by atoms with Crippen LogP contribution in [0.1, 0.15) is 33.1 Å². The van der Waals surface area contributed by atoms with Gasteiger partial charge < -0.3 is 15.4 Å². The number of thioether (sulfide) groups is 1. The summed E-state index contributed by atoms with van der Waals surface area (Å²) in [5.74, 6) is 0.981. The lowest BCUT2D eigenvalue weighted by atomic mass is 10.2. The van der Waals surface area contributed by atoms with Crippen molar-refractivity contribution in [1.82, 2.24) is 15.5 Å². The maximum Gasteiger partial charge on any atom is 0.191 e. The van der Waals surface area contributed by atoms with Crippen LogP contribution in [0.3, 0.4) is 0 Å². The first-order valence-corrected chi connectivity index (χ1v) is 9.91. The van der Waals surface area contributed by atoms with Gasteiger partial charge in [-0.3, -0.25) is 9.89 Å². The first kappa shape index (κ1) is 17.9. The van der Waals surface area contributed by atoms with Crippen LogP contribution < -0.4 is 10.6 Å². The number of nitrogens with zero attached hydrogens (tertiary/aromatic N) is 2. The van der Waals surface area contributed by atoms with Gasteiger partial charge in [-0.05, 0) is 39.4 Å². The summed E-state index contributed by atoms with van der Waals surface area (Å²) in [6, 6.07) is 1.05. The molecule has 1 saturated carbocycles. The highest BCUT2D eigenvalue weighted by atomic mass is 32.2. The minimum atomic E-state index is 0.474. The van der Waals surface area contributed by atoms with Gasteiger partial charge in [0, 0.05) is 37.0 Å². The van der Waals surface area contributed by atoms with Gasteiger partial charge in [-0.2, -0.15) is 11.8 Å². The second-order valence-electron chi connectivity index (χ2n) is 6.23. The summed E-state index contributed by atoms with van der Waals surface area (Å²) in [5, 5.41) is 7.82. The van der Waals surface area contributed by atoms with Gasteiger partial charge in [-0.15, -0.1) is 0 Å². The number of ether oxygens (including phenoxy) is 1. The fourth-order valence-electron chi connectivity index (χ4n) is 3.16. The van der Waals surface area contributed by atoms with E-state index in [-0.39, 0.29) is 0 Å². The molecule has 1 aliphatic carbocycles. The highest BCUT2D eigenvalue weighted by Gasteiger charge is 2.24. The number of hydrogen-bond donors (Lipinski definition) is 2. The molecule has 22 heavy (non-hydrogen) atoms. The summed E-state index contributed by atoms with van der Waals surface area (Å²) in [7, 11) is 0. The Morgan fingerprint density at radius 3 is 2.77 bits per heavy atom. The number of guanidine groups is 1. The predicted octanol–water partition coefficient (Wildman–Crippen LogP) is 1.55. The van der Waals surface area contributed by atoms with Crippen molar-refractivity contribution in [2.75, 3.05) is 45.6 Å². The first-order valence-electron chi connectivity index (χ1n) is 8.62. The van der Waals surface area contributed by atoms with Gasteiger partial charge in [-0.1, -0.05) is 0 Å². The van der Waals surface area contributed by atoms with E-state index in [1.54, 1.807) is 0 Å². The molecule has 0 aromatic carbocycles. The van der Waals surface area contributed by atoms with E-state index >= 15 is 0 Å². The molecule has 1 aliphatic heterocycles. The average molecular weight is 329 g/mol. The number of morpholine rings is 1. The monoisotopic (exact) mass is 328 g/mol. The normalized spacial score (nSPS) is 28.6. The maximum atomic E-state index is 5.42. The molecule has 2 rings (SSSR count). The smallest absolute Gasteiger partial charge is 0.191 e. The van der Waals surface area contributed by atoms with Crippen molar-refractivity contribution in [3.63, 3.8) is 0 Å². The Balaban J connectivity index is 1.81. The van der Waals surface area contributed by atoms with E-state index in [4.69, 9.17) is 9.73 Å². The number of rotatable bonds is 6. The lowest BCUT2D eigenvalue weighted by Crippen LogP contribution is -2.45. The average Bonchev–Trinajstić information content (AvgIpc) is 3.01. The maximum absolute atomic E-state index is 5.42. The topological polar surface area (TPSA) is 48.9 Å². The SMILES string of the molecule is CCNC(=NCC(C)N1CCOCC1)NC1CCC(SC)C1. The molecule has 2 N–H and O–H groups in total. The van der Waals surface area contributed by atoms with E-state index in [0.717, 1.165) is 50.6 Å². The van der Waals surface area contributed by atoms with Crippen LogP contribution in [0.25, 0.3) is 0 Å². The fraction of sp³-hybridized carbons (Fsp3) is 0.938. The molecule has 0 spiro atoms. The highest BCUT2D eigenvalue weighted by Crippen LogP contribution is 2.27. The molecule has 0 amide bonds. The van der Waals surface area contributed by atoms with E-state index in [9.17, 15) is 0 Å². The minimum absolute atomic E-state index is 0.474. The van der Waals surface area contributed by atoms with Crippen molar-refractivity contribution in [2.45, 2.75) is 50.4 Å². The molecule has 6 heteroatoms. The largest absolute Gasteiger partial charge is 0.379 e. The van der Waals surface area contributed by atoms with Crippen molar-refractivity contribution in [3.8, 4) is 0 Å². The molecule has 128 valence electrons. The van der Waals surface area contributed by atoms with E-state index in [1.807, 2.05) is 11.8 Å². The molecule has 2 fully saturated rings. The third kappa shape index (κ3) is 5.63. The summed E-state index contributed by atoms with van der Waals surface area (Å²) in [6.45, 7) is 9.90. The first-order chi connectivity index (χ1) is 10.7. The summed E-state index contributed by atoms with van der Waals surface area (Å²) in [6.07, 6.45) is 6.05. The van der Waals surface area contributed by atoms with Gasteiger partial charge in [-0.25, -0.2) is 0 Å². The van der Waals surface area contributed by atoms with E-state index in [0.29, 0.717) is 12.1 Å². The van der Waals surface area contributed by atoms with Crippen molar-refractivity contribution in [2.24, 2.45) is 4.99 Å². The number of nitrogens with one attached hydrogen (secondary N) is 2. The van der Waals surface area contributed by atoms with Gasteiger partial charge >= 0.3 is 0 Å². The fourth-order valence-corrected chi connectivity index (χ4v) is 3.95. The molecule has 1 saturated heterocycles. The zero-order chi connectivity index (χ0) is 15.8. The van der Waals surface area contributed by atoms with Crippen LogP contribution in [0, 0.1) is 0 Å². The van der Waals surface area contributed by atoms with Gasteiger partial charge in [0.25, 0.3) is 0 Å². The Morgan fingerprint density at radius 1 is 1.36 bits per heavy atom. The Bertz CT molecular complexity index is 347. The zero-order valence-corrected chi connectivity index (χ0v) is 15.1. The predicted molar refractivity (Wildman–Crippen MR) is 95.9 cm³/mol. The molecular weight excluding hydrogens is 296 g/mol. The van der Waals surface area contributed by atoms with Gasteiger partial charge in [0.1, 0.15) is 0 Å². The minimum Gasteiger partial charge on any atom is -0.379 e. The van der Waals surface area contributed by atoms with Gasteiger partial charge in [0.15, 0.2) is 5.96 Å². The molecule has 0 bridgehead atoms. The van der Waals surface area contributed by atoms with Crippen molar-refractivity contribution >= 4 is 17.7 Å². The summed E-state index contributed by atoms with van der Waals surface area (Å²) < 4.78 is 5.42. The van der Waals surface area contributed by atoms with Gasteiger partial charge in [0.2, 0.25) is 0 Å². The molecule has 0 aromatic rings. The molecule has 3 unspecified atom stereocenters. The molecule has 0 aromatic heterocycles. The summed E-state index contributed by atoms with van der Waals surface area (Å²) >= 11 is 1.99. The quantitative estimate of drug-likeness (QED) is 0.572.